The number of carboxylic acids is 1. The molecule has 0 radical (unpaired) electrons. The summed E-state index contributed by atoms with van der Waals surface area (Å²) in [6.07, 6.45) is 2.07. The van der Waals surface area contributed by atoms with Crippen molar-refractivity contribution in [2.75, 3.05) is 26.7 Å². The average molecular weight is 356 g/mol. The zero-order valence-electron chi connectivity index (χ0n) is 15.2. The molecule has 7 heteroatoms. The number of benzene rings is 1. The Morgan fingerprint density at radius 2 is 1.96 bits per heavy atom. The van der Waals surface area contributed by atoms with Gasteiger partial charge in [0.15, 0.2) is 5.69 Å². The molecule has 2 aliphatic heterocycles. The van der Waals surface area contributed by atoms with Crippen LogP contribution >= 0.6 is 0 Å². The summed E-state index contributed by atoms with van der Waals surface area (Å²) in [5.74, 6) is -0.843. The fourth-order valence-electron chi connectivity index (χ4n) is 4.69. The van der Waals surface area contributed by atoms with Gasteiger partial charge in [0.2, 0.25) is 0 Å². The van der Waals surface area contributed by atoms with Crippen molar-refractivity contribution >= 4 is 22.8 Å². The van der Waals surface area contributed by atoms with Crippen molar-refractivity contribution in [3.8, 4) is 0 Å². The van der Waals surface area contributed by atoms with Gasteiger partial charge in [-0.3, -0.25) is 14.3 Å². The number of carbonyl (C=O) groups excluding carboxylic acids is 1. The van der Waals surface area contributed by atoms with Crippen LogP contribution in [0.1, 0.15) is 29.8 Å². The molecular weight excluding hydrogens is 332 g/mol. The lowest BCUT2D eigenvalue weighted by atomic mass is 9.68. The van der Waals surface area contributed by atoms with Crippen molar-refractivity contribution in [3.63, 3.8) is 0 Å². The van der Waals surface area contributed by atoms with Gasteiger partial charge in [-0.25, -0.2) is 0 Å². The highest BCUT2D eigenvalue weighted by molar-refractivity contribution is 6.05. The van der Waals surface area contributed by atoms with Crippen LogP contribution in [0.15, 0.2) is 24.3 Å². The van der Waals surface area contributed by atoms with Crippen LogP contribution in [0, 0.1) is 5.41 Å². The second kappa shape index (κ2) is 6.09. The first kappa shape index (κ1) is 17.0. The molecule has 1 aromatic heterocycles. The molecule has 138 valence electrons. The molecule has 2 aromatic rings. The summed E-state index contributed by atoms with van der Waals surface area (Å²) in [7, 11) is 3.80. The van der Waals surface area contributed by atoms with Gasteiger partial charge in [0.1, 0.15) is 0 Å². The second-order valence-electron chi connectivity index (χ2n) is 7.55. The first-order valence-corrected chi connectivity index (χ1v) is 9.09. The average Bonchev–Trinajstić information content (AvgIpc) is 2.98. The minimum absolute atomic E-state index is 0.111. The molecule has 2 fully saturated rings. The predicted octanol–water partition coefficient (Wildman–Crippen LogP) is 1.58. The number of aromatic nitrogens is 2. The quantitative estimate of drug-likeness (QED) is 0.884. The lowest BCUT2D eigenvalue weighted by molar-refractivity contribution is -0.161. The van der Waals surface area contributed by atoms with Crippen LogP contribution < -0.4 is 0 Å². The van der Waals surface area contributed by atoms with Gasteiger partial charge in [0.25, 0.3) is 5.91 Å². The molecule has 1 amide bonds. The third-order valence-corrected chi connectivity index (χ3v) is 6.20. The van der Waals surface area contributed by atoms with Gasteiger partial charge >= 0.3 is 5.97 Å². The molecule has 0 bridgehead atoms. The summed E-state index contributed by atoms with van der Waals surface area (Å²) >= 11 is 0. The van der Waals surface area contributed by atoms with Gasteiger partial charge in [0.05, 0.1) is 10.9 Å². The summed E-state index contributed by atoms with van der Waals surface area (Å²) in [6.45, 7) is 1.77. The van der Waals surface area contributed by atoms with Crippen LogP contribution in [-0.4, -0.2) is 69.3 Å². The van der Waals surface area contributed by atoms with Crippen LogP contribution in [0.3, 0.4) is 0 Å². The number of amides is 1. The largest absolute Gasteiger partial charge is 0.481 e. The first-order valence-electron chi connectivity index (χ1n) is 9.09. The van der Waals surface area contributed by atoms with Crippen molar-refractivity contribution in [2.24, 2.45) is 12.5 Å². The van der Waals surface area contributed by atoms with Crippen LogP contribution in [0.4, 0.5) is 0 Å². The van der Waals surface area contributed by atoms with Gasteiger partial charge < -0.3 is 14.9 Å². The Hall–Kier alpha value is -2.41. The topological polar surface area (TPSA) is 78.7 Å². The molecular formula is C19H24N4O3. The minimum Gasteiger partial charge on any atom is -0.481 e. The van der Waals surface area contributed by atoms with Gasteiger partial charge in [-0.2, -0.15) is 5.10 Å². The van der Waals surface area contributed by atoms with E-state index >= 15 is 0 Å². The molecule has 26 heavy (non-hydrogen) atoms. The van der Waals surface area contributed by atoms with Crippen molar-refractivity contribution in [1.82, 2.24) is 19.6 Å². The van der Waals surface area contributed by atoms with E-state index in [9.17, 15) is 14.7 Å². The minimum atomic E-state index is -0.740. The number of likely N-dealkylation sites (N-methyl/N-ethyl adjacent to an activating group) is 1. The maximum Gasteiger partial charge on any atom is 0.311 e. The Bertz CT molecular complexity index is 877. The highest BCUT2D eigenvalue weighted by Crippen LogP contribution is 2.42. The van der Waals surface area contributed by atoms with Gasteiger partial charge in [0, 0.05) is 31.6 Å². The molecule has 1 N–H and O–H groups in total. The van der Waals surface area contributed by atoms with E-state index in [1.165, 1.54) is 0 Å². The summed E-state index contributed by atoms with van der Waals surface area (Å²) in [5, 5.41) is 15.2. The zero-order chi connectivity index (χ0) is 18.5. The predicted molar refractivity (Wildman–Crippen MR) is 97.0 cm³/mol. The normalized spacial score (nSPS) is 26.7. The molecule has 2 aliphatic rings. The third-order valence-electron chi connectivity index (χ3n) is 6.20. The lowest BCUT2D eigenvalue weighted by Crippen LogP contribution is -2.63. The summed E-state index contributed by atoms with van der Waals surface area (Å²) in [6, 6.07) is 7.54. The lowest BCUT2D eigenvalue weighted by Gasteiger charge is -2.51. The number of para-hydroxylation sites is 1. The molecule has 2 atom stereocenters. The van der Waals surface area contributed by atoms with E-state index in [1.54, 1.807) is 9.58 Å². The molecule has 0 aliphatic carbocycles. The van der Waals surface area contributed by atoms with E-state index in [1.807, 2.05) is 38.4 Å². The fraction of sp³-hybridized carbons (Fsp3) is 0.526. The number of fused-ring (bicyclic) bond motifs is 2. The fourth-order valence-corrected chi connectivity index (χ4v) is 4.69. The smallest absolute Gasteiger partial charge is 0.311 e. The summed E-state index contributed by atoms with van der Waals surface area (Å²) < 4.78 is 1.72. The van der Waals surface area contributed by atoms with E-state index < -0.39 is 11.4 Å². The van der Waals surface area contributed by atoms with E-state index in [0.717, 1.165) is 23.9 Å². The number of rotatable bonds is 2. The molecule has 0 saturated carbocycles. The Labute approximate surface area is 152 Å². The van der Waals surface area contributed by atoms with Gasteiger partial charge in [-0.1, -0.05) is 18.2 Å². The number of piperidine rings is 2. The number of carbonyl (C=O) groups is 2. The van der Waals surface area contributed by atoms with E-state index in [4.69, 9.17) is 0 Å². The Morgan fingerprint density at radius 1 is 1.19 bits per heavy atom. The first-order chi connectivity index (χ1) is 12.4. The molecule has 1 aromatic carbocycles. The number of carboxylic acid groups (broad SMARTS) is 1. The molecule has 2 saturated heterocycles. The van der Waals surface area contributed by atoms with Crippen LogP contribution in [-0.2, 0) is 11.8 Å². The van der Waals surface area contributed by atoms with Crippen molar-refractivity contribution in [1.29, 1.82) is 0 Å². The zero-order valence-corrected chi connectivity index (χ0v) is 15.2. The highest BCUT2D eigenvalue weighted by Gasteiger charge is 2.53. The number of nitrogens with zero attached hydrogens (tertiary/aromatic N) is 4. The molecule has 3 heterocycles. The number of hydrogen-bond acceptors (Lipinski definition) is 4. The van der Waals surface area contributed by atoms with E-state index in [-0.39, 0.29) is 11.9 Å². The number of hydrogen-bond donors (Lipinski definition) is 1. The van der Waals surface area contributed by atoms with Crippen molar-refractivity contribution in [3.05, 3.63) is 30.0 Å². The third kappa shape index (κ3) is 2.41. The van der Waals surface area contributed by atoms with Crippen LogP contribution in [0.25, 0.3) is 10.9 Å². The summed E-state index contributed by atoms with van der Waals surface area (Å²) in [5.41, 5.74) is 0.627. The van der Waals surface area contributed by atoms with Crippen LogP contribution in [0.5, 0.6) is 0 Å². The Kier molecular flexibility index (Phi) is 3.99. The maximum absolute atomic E-state index is 13.2. The van der Waals surface area contributed by atoms with Gasteiger partial charge in [-0.15, -0.1) is 0 Å². The van der Waals surface area contributed by atoms with E-state index in [2.05, 4.69) is 10.00 Å². The highest BCUT2D eigenvalue weighted by atomic mass is 16.4. The van der Waals surface area contributed by atoms with Crippen molar-refractivity contribution in [2.45, 2.75) is 25.3 Å². The second-order valence-corrected chi connectivity index (χ2v) is 7.55. The van der Waals surface area contributed by atoms with Crippen LogP contribution in [0.2, 0.25) is 0 Å². The molecule has 0 unspecified atom stereocenters. The summed E-state index contributed by atoms with van der Waals surface area (Å²) in [4.78, 5) is 29.1. The standard InChI is InChI=1S/C19H24N4O3/c1-21-10-5-8-19(18(25)26)9-11-23(12-15(19)21)17(24)16-13-6-3-4-7-14(13)22(2)20-16/h3-4,6-7,15H,5,8-12H2,1-2H3,(H,25,26)/t15-,19+/m1/s1. The Balaban J connectivity index is 1.65. The molecule has 0 spiro atoms. The Morgan fingerprint density at radius 3 is 2.73 bits per heavy atom. The van der Waals surface area contributed by atoms with E-state index in [0.29, 0.717) is 31.6 Å². The van der Waals surface area contributed by atoms with Crippen molar-refractivity contribution < 1.29 is 14.7 Å². The number of aliphatic carboxylic acids is 1. The SMILES string of the molecule is CN1CCC[C@]2(C(=O)O)CCN(C(=O)c3nn(C)c4ccccc34)C[C@@H]12. The molecule has 7 nitrogen and oxygen atoms in total. The maximum atomic E-state index is 13.2. The van der Waals surface area contributed by atoms with Gasteiger partial charge in [-0.05, 0) is 38.9 Å². The monoisotopic (exact) mass is 356 g/mol. The number of likely N-dealkylation sites (tertiary alicyclic amines) is 2. The number of aryl methyl sites for hydroxylation is 1. The molecule has 4 rings (SSSR count).